The monoisotopic (exact) mass is 592 g/mol. The number of halogens is 2. The van der Waals surface area contributed by atoms with E-state index in [-0.39, 0.29) is 12.1 Å². The highest BCUT2D eigenvalue weighted by atomic mass is 127. The molecule has 0 unspecified atom stereocenters. The number of methoxy groups -OCH3 is 1. The predicted molar refractivity (Wildman–Crippen MR) is 132 cm³/mol. The van der Waals surface area contributed by atoms with Gasteiger partial charge in [0, 0.05) is 5.02 Å². The van der Waals surface area contributed by atoms with Gasteiger partial charge in [-0.2, -0.15) is 0 Å². The zero-order valence-electron chi connectivity index (χ0n) is 17.8. The summed E-state index contributed by atoms with van der Waals surface area (Å²) in [6.45, 7) is 0.204. The highest BCUT2D eigenvalue weighted by molar-refractivity contribution is 14.1. The number of furan rings is 1. The van der Waals surface area contributed by atoms with Crippen molar-refractivity contribution < 1.29 is 28.3 Å². The number of carbonyl (C=O) groups is 3. The molecule has 0 aliphatic carbocycles. The summed E-state index contributed by atoms with van der Waals surface area (Å²) in [7, 11) is 1.50. The van der Waals surface area contributed by atoms with Gasteiger partial charge in [0.1, 0.15) is 17.9 Å². The van der Waals surface area contributed by atoms with Crippen molar-refractivity contribution in [1.29, 1.82) is 0 Å². The van der Waals surface area contributed by atoms with Crippen LogP contribution in [0.25, 0.3) is 6.08 Å². The Bertz CT molecular complexity index is 1270. The number of urea groups is 1. The van der Waals surface area contributed by atoms with Crippen LogP contribution in [0.3, 0.4) is 0 Å². The third kappa shape index (κ3) is 5.26. The molecule has 0 atom stereocenters. The van der Waals surface area contributed by atoms with Gasteiger partial charge in [-0.15, -0.1) is 0 Å². The molecule has 1 aliphatic heterocycles. The van der Waals surface area contributed by atoms with Crippen LogP contribution in [0.1, 0.15) is 16.9 Å². The molecule has 8 nitrogen and oxygen atoms in total. The van der Waals surface area contributed by atoms with Gasteiger partial charge in [0.25, 0.3) is 11.8 Å². The number of nitrogens with one attached hydrogen (secondary N) is 1. The molecule has 2 heterocycles. The van der Waals surface area contributed by atoms with Crippen LogP contribution in [0.2, 0.25) is 5.02 Å². The van der Waals surface area contributed by atoms with Crippen molar-refractivity contribution in [3.63, 3.8) is 0 Å². The first kappa shape index (κ1) is 23.8. The molecular formula is C24H18ClIN2O6. The maximum atomic E-state index is 12.9. The Morgan fingerprint density at radius 1 is 1.15 bits per heavy atom. The van der Waals surface area contributed by atoms with Crippen LogP contribution in [0.4, 0.5) is 4.79 Å². The third-order valence-electron chi connectivity index (χ3n) is 4.94. The lowest BCUT2D eigenvalue weighted by molar-refractivity contribution is -0.130. The van der Waals surface area contributed by atoms with E-state index in [1.807, 2.05) is 12.1 Å². The molecule has 174 valence electrons. The van der Waals surface area contributed by atoms with Crippen LogP contribution in [0.5, 0.6) is 11.5 Å². The van der Waals surface area contributed by atoms with Crippen LogP contribution in [-0.4, -0.2) is 29.9 Å². The summed E-state index contributed by atoms with van der Waals surface area (Å²) in [6, 6.07) is 13.2. The maximum Gasteiger partial charge on any atom is 0.331 e. The van der Waals surface area contributed by atoms with Crippen LogP contribution >= 0.6 is 34.2 Å². The molecule has 1 aromatic heterocycles. The van der Waals surface area contributed by atoms with Gasteiger partial charge in [-0.1, -0.05) is 23.7 Å². The molecule has 10 heteroatoms. The molecule has 0 spiro atoms. The molecule has 1 N–H and O–H groups in total. The molecule has 3 aromatic rings. The first-order valence-corrected chi connectivity index (χ1v) is 11.5. The van der Waals surface area contributed by atoms with Crippen molar-refractivity contribution in [3.05, 3.63) is 85.8 Å². The van der Waals surface area contributed by atoms with Crippen LogP contribution in [-0.2, 0) is 22.7 Å². The summed E-state index contributed by atoms with van der Waals surface area (Å²) in [4.78, 5) is 38.5. The number of rotatable bonds is 7. The van der Waals surface area contributed by atoms with Crippen molar-refractivity contribution in [1.82, 2.24) is 10.2 Å². The lowest BCUT2D eigenvalue weighted by Gasteiger charge is -2.25. The molecule has 0 bridgehead atoms. The van der Waals surface area contributed by atoms with Gasteiger partial charge in [0.2, 0.25) is 0 Å². The number of amides is 4. The summed E-state index contributed by atoms with van der Waals surface area (Å²) in [6.07, 6.45) is 2.85. The van der Waals surface area contributed by atoms with Gasteiger partial charge in [0.05, 0.1) is 23.5 Å². The number of imide groups is 2. The second kappa shape index (κ2) is 10.3. The Kier molecular flexibility index (Phi) is 7.23. The Morgan fingerprint density at radius 2 is 1.91 bits per heavy atom. The highest BCUT2D eigenvalue weighted by Crippen LogP contribution is 2.35. The van der Waals surface area contributed by atoms with Crippen molar-refractivity contribution in [2.24, 2.45) is 0 Å². The van der Waals surface area contributed by atoms with Gasteiger partial charge in [-0.05, 0) is 76.2 Å². The molecule has 0 radical (unpaired) electrons. The zero-order valence-corrected chi connectivity index (χ0v) is 20.8. The van der Waals surface area contributed by atoms with E-state index < -0.39 is 17.8 Å². The molecule has 4 amide bonds. The van der Waals surface area contributed by atoms with Crippen molar-refractivity contribution in [3.8, 4) is 11.5 Å². The fourth-order valence-electron chi connectivity index (χ4n) is 3.26. The third-order valence-corrected chi connectivity index (χ3v) is 5.99. The zero-order chi connectivity index (χ0) is 24.2. The number of ether oxygens (including phenoxy) is 2. The van der Waals surface area contributed by atoms with Gasteiger partial charge in [0.15, 0.2) is 11.5 Å². The fraction of sp³-hybridized carbons (Fsp3) is 0.125. The van der Waals surface area contributed by atoms with Crippen LogP contribution in [0, 0.1) is 3.57 Å². The van der Waals surface area contributed by atoms with E-state index in [1.54, 1.807) is 36.4 Å². The van der Waals surface area contributed by atoms with E-state index in [0.717, 1.165) is 10.5 Å². The lowest BCUT2D eigenvalue weighted by Crippen LogP contribution is -2.53. The molecule has 4 rings (SSSR count). The number of hydrogen-bond donors (Lipinski definition) is 1. The standard InChI is InChI=1S/C24H18ClIN2O6/c1-32-20-11-15(10-19(26)21(20)34-13-14-4-6-16(25)7-5-14)9-18-22(29)27-24(31)28(23(18)30)12-17-3-2-8-33-17/h2-11H,12-13H2,1H3,(H,27,29,31)/b18-9-. The Hall–Kier alpha value is -3.31. The number of benzene rings is 2. The van der Waals surface area contributed by atoms with Crippen LogP contribution in [0.15, 0.2) is 64.8 Å². The van der Waals surface area contributed by atoms with Gasteiger partial charge in [-0.25, -0.2) is 4.79 Å². The summed E-state index contributed by atoms with van der Waals surface area (Å²) in [5, 5.41) is 2.83. The summed E-state index contributed by atoms with van der Waals surface area (Å²) >= 11 is 8.02. The van der Waals surface area contributed by atoms with Crippen molar-refractivity contribution in [2.75, 3.05) is 7.11 Å². The topological polar surface area (TPSA) is 98.1 Å². The first-order valence-electron chi connectivity index (χ1n) is 10.0. The summed E-state index contributed by atoms with van der Waals surface area (Å²) < 4.78 is 17.4. The smallest absolute Gasteiger partial charge is 0.331 e. The van der Waals surface area contributed by atoms with E-state index in [0.29, 0.717) is 38.0 Å². The Morgan fingerprint density at radius 3 is 2.59 bits per heavy atom. The summed E-state index contributed by atoms with van der Waals surface area (Å²) in [5.41, 5.74) is 1.28. The van der Waals surface area contributed by atoms with E-state index in [4.69, 9.17) is 25.5 Å². The quantitative estimate of drug-likeness (QED) is 0.241. The summed E-state index contributed by atoms with van der Waals surface area (Å²) in [5.74, 6) is -0.130. The number of hydrogen-bond acceptors (Lipinski definition) is 6. The van der Waals surface area contributed by atoms with E-state index in [2.05, 4.69) is 27.9 Å². The first-order chi connectivity index (χ1) is 16.4. The molecule has 34 heavy (non-hydrogen) atoms. The Labute approximate surface area is 213 Å². The average molecular weight is 593 g/mol. The normalized spacial score (nSPS) is 15.0. The SMILES string of the molecule is COc1cc(/C=C2/C(=O)NC(=O)N(Cc3ccco3)C2=O)cc(I)c1OCc1ccc(Cl)cc1. The molecule has 2 aromatic carbocycles. The predicted octanol–water partition coefficient (Wildman–Crippen LogP) is 4.79. The van der Waals surface area contributed by atoms with Gasteiger partial charge < -0.3 is 13.9 Å². The van der Waals surface area contributed by atoms with E-state index >= 15 is 0 Å². The molecule has 1 fully saturated rings. The van der Waals surface area contributed by atoms with Gasteiger partial charge in [-0.3, -0.25) is 19.8 Å². The van der Waals surface area contributed by atoms with Crippen molar-refractivity contribution in [2.45, 2.75) is 13.2 Å². The number of nitrogens with zero attached hydrogens (tertiary/aromatic N) is 1. The molecule has 0 saturated carbocycles. The fourth-order valence-corrected chi connectivity index (χ4v) is 4.17. The van der Waals surface area contributed by atoms with E-state index in [1.165, 1.54) is 19.4 Å². The lowest BCUT2D eigenvalue weighted by atomic mass is 10.1. The largest absolute Gasteiger partial charge is 0.493 e. The molecular weight excluding hydrogens is 575 g/mol. The van der Waals surface area contributed by atoms with E-state index in [9.17, 15) is 14.4 Å². The minimum Gasteiger partial charge on any atom is -0.493 e. The highest BCUT2D eigenvalue weighted by Gasteiger charge is 2.36. The second-order valence-electron chi connectivity index (χ2n) is 7.24. The minimum absolute atomic E-state index is 0.0966. The maximum absolute atomic E-state index is 12.9. The number of barbiturate groups is 1. The van der Waals surface area contributed by atoms with Crippen molar-refractivity contribution >= 4 is 58.1 Å². The second-order valence-corrected chi connectivity index (χ2v) is 8.84. The molecule has 1 aliphatic rings. The minimum atomic E-state index is -0.804. The van der Waals surface area contributed by atoms with Crippen LogP contribution < -0.4 is 14.8 Å². The van der Waals surface area contributed by atoms with Gasteiger partial charge >= 0.3 is 6.03 Å². The number of carbonyl (C=O) groups excluding carboxylic acids is 3. The average Bonchev–Trinajstić information content (AvgIpc) is 3.33. The molecule has 1 saturated heterocycles. The Balaban J connectivity index is 1.59.